The minimum Gasteiger partial charge on any atom is -0.391 e. The smallest absolute Gasteiger partial charge is 0.0739 e. The molecule has 1 N–H and O–H groups in total. The van der Waals surface area contributed by atoms with Crippen molar-refractivity contribution in [3.63, 3.8) is 0 Å². The Balaban J connectivity index is 2.05. The predicted molar refractivity (Wildman–Crippen MR) is 55.2 cm³/mol. The lowest BCUT2D eigenvalue weighted by Gasteiger charge is -2.42. The Morgan fingerprint density at radius 2 is 2.21 bits per heavy atom. The second kappa shape index (κ2) is 3.80. The molecule has 0 aromatic rings. The summed E-state index contributed by atoms with van der Waals surface area (Å²) < 4.78 is 5.46. The number of rotatable bonds is 1. The fourth-order valence-electron chi connectivity index (χ4n) is 2.75. The molecule has 2 aliphatic heterocycles. The van der Waals surface area contributed by atoms with Gasteiger partial charge in [0.2, 0.25) is 0 Å². The molecular formula is C11H21NO2. The SMILES string of the molecule is CC1(C)CCCN1C1COCCC1O. The van der Waals surface area contributed by atoms with E-state index in [9.17, 15) is 5.11 Å². The summed E-state index contributed by atoms with van der Waals surface area (Å²) in [4.78, 5) is 2.43. The molecule has 82 valence electrons. The summed E-state index contributed by atoms with van der Waals surface area (Å²) in [6.07, 6.45) is 3.07. The van der Waals surface area contributed by atoms with Gasteiger partial charge in [-0.1, -0.05) is 0 Å². The van der Waals surface area contributed by atoms with Gasteiger partial charge in [0.05, 0.1) is 18.8 Å². The van der Waals surface area contributed by atoms with Gasteiger partial charge < -0.3 is 9.84 Å². The molecule has 0 aliphatic carbocycles. The average molecular weight is 199 g/mol. The number of hydrogen-bond acceptors (Lipinski definition) is 3. The maximum atomic E-state index is 9.94. The highest BCUT2D eigenvalue weighted by Gasteiger charge is 2.40. The summed E-state index contributed by atoms with van der Waals surface area (Å²) in [7, 11) is 0. The third-order valence-corrected chi connectivity index (χ3v) is 3.66. The Bertz CT molecular complexity index is 205. The number of aliphatic hydroxyl groups excluding tert-OH is 1. The van der Waals surface area contributed by atoms with Crippen LogP contribution in [0.3, 0.4) is 0 Å². The quantitative estimate of drug-likeness (QED) is 0.684. The second-order valence-electron chi connectivity index (χ2n) is 5.11. The Labute approximate surface area is 86.0 Å². The molecule has 2 saturated heterocycles. The zero-order valence-electron chi connectivity index (χ0n) is 9.20. The number of likely N-dealkylation sites (tertiary alicyclic amines) is 1. The van der Waals surface area contributed by atoms with Crippen LogP contribution in [0.15, 0.2) is 0 Å². The van der Waals surface area contributed by atoms with E-state index in [2.05, 4.69) is 18.7 Å². The highest BCUT2D eigenvalue weighted by atomic mass is 16.5. The summed E-state index contributed by atoms with van der Waals surface area (Å²) >= 11 is 0. The van der Waals surface area contributed by atoms with Crippen LogP contribution in [-0.4, -0.2) is 47.4 Å². The fraction of sp³-hybridized carbons (Fsp3) is 1.00. The first-order valence-corrected chi connectivity index (χ1v) is 5.64. The first-order chi connectivity index (χ1) is 6.61. The lowest BCUT2D eigenvalue weighted by molar-refractivity contribution is -0.0773. The molecule has 0 aromatic heterocycles. The van der Waals surface area contributed by atoms with Crippen LogP contribution in [0.5, 0.6) is 0 Å². The molecule has 0 aromatic carbocycles. The fourth-order valence-corrected chi connectivity index (χ4v) is 2.75. The van der Waals surface area contributed by atoms with Crippen molar-refractivity contribution in [1.82, 2.24) is 4.90 Å². The maximum absolute atomic E-state index is 9.94. The molecule has 3 heteroatoms. The van der Waals surface area contributed by atoms with E-state index in [-0.39, 0.29) is 17.7 Å². The molecule has 2 atom stereocenters. The van der Waals surface area contributed by atoms with Gasteiger partial charge in [0, 0.05) is 12.1 Å². The Morgan fingerprint density at radius 1 is 1.43 bits per heavy atom. The lowest BCUT2D eigenvalue weighted by Crippen LogP contribution is -2.54. The Kier molecular flexibility index (Phi) is 2.82. The minimum atomic E-state index is -0.193. The number of aliphatic hydroxyl groups is 1. The van der Waals surface area contributed by atoms with Crippen molar-refractivity contribution in [1.29, 1.82) is 0 Å². The largest absolute Gasteiger partial charge is 0.391 e. The van der Waals surface area contributed by atoms with Gasteiger partial charge >= 0.3 is 0 Å². The summed E-state index contributed by atoms with van der Waals surface area (Å²) in [5, 5.41) is 9.94. The van der Waals surface area contributed by atoms with Crippen LogP contribution in [0, 0.1) is 0 Å². The molecule has 0 spiro atoms. The van der Waals surface area contributed by atoms with Crippen LogP contribution >= 0.6 is 0 Å². The van der Waals surface area contributed by atoms with Gasteiger partial charge in [-0.15, -0.1) is 0 Å². The van der Waals surface area contributed by atoms with E-state index in [1.54, 1.807) is 0 Å². The highest BCUT2D eigenvalue weighted by molar-refractivity contribution is 4.95. The van der Waals surface area contributed by atoms with Crippen molar-refractivity contribution >= 4 is 0 Å². The second-order valence-corrected chi connectivity index (χ2v) is 5.11. The maximum Gasteiger partial charge on any atom is 0.0739 e. The third kappa shape index (κ3) is 1.81. The molecule has 2 unspecified atom stereocenters. The zero-order chi connectivity index (χ0) is 10.2. The molecule has 3 nitrogen and oxygen atoms in total. The summed E-state index contributed by atoms with van der Waals surface area (Å²) in [6, 6.07) is 0.223. The van der Waals surface area contributed by atoms with Crippen LogP contribution in [0.4, 0.5) is 0 Å². The van der Waals surface area contributed by atoms with E-state index in [0.717, 1.165) is 13.0 Å². The molecule has 2 rings (SSSR count). The summed E-state index contributed by atoms with van der Waals surface area (Å²) in [5.41, 5.74) is 0.242. The van der Waals surface area contributed by atoms with Crippen LogP contribution in [0.2, 0.25) is 0 Å². The molecule has 0 bridgehead atoms. The third-order valence-electron chi connectivity index (χ3n) is 3.66. The molecule has 0 saturated carbocycles. The topological polar surface area (TPSA) is 32.7 Å². The standard InChI is InChI=1S/C11H21NO2/c1-11(2)5-3-6-12(11)9-8-14-7-4-10(9)13/h9-10,13H,3-8H2,1-2H3. The normalized spacial score (nSPS) is 38.8. The van der Waals surface area contributed by atoms with Crippen molar-refractivity contribution in [2.45, 2.75) is 50.8 Å². The summed E-state index contributed by atoms with van der Waals surface area (Å²) in [5.74, 6) is 0. The van der Waals surface area contributed by atoms with Crippen molar-refractivity contribution in [3.8, 4) is 0 Å². The van der Waals surface area contributed by atoms with E-state index < -0.39 is 0 Å². The van der Waals surface area contributed by atoms with E-state index in [4.69, 9.17) is 4.74 Å². The van der Waals surface area contributed by atoms with Gasteiger partial charge in [0.15, 0.2) is 0 Å². The first kappa shape index (κ1) is 10.4. The number of ether oxygens (including phenoxy) is 1. The van der Waals surface area contributed by atoms with E-state index >= 15 is 0 Å². The molecule has 0 radical (unpaired) electrons. The van der Waals surface area contributed by atoms with Gasteiger partial charge in [-0.2, -0.15) is 0 Å². The van der Waals surface area contributed by atoms with Crippen molar-refractivity contribution in [3.05, 3.63) is 0 Å². The monoisotopic (exact) mass is 199 g/mol. The molecule has 14 heavy (non-hydrogen) atoms. The summed E-state index contributed by atoms with van der Waals surface area (Å²) in [6.45, 7) is 7.05. The van der Waals surface area contributed by atoms with Crippen LogP contribution in [0.25, 0.3) is 0 Å². The van der Waals surface area contributed by atoms with Gasteiger partial charge in [-0.3, -0.25) is 4.90 Å². The Morgan fingerprint density at radius 3 is 2.79 bits per heavy atom. The van der Waals surface area contributed by atoms with Gasteiger partial charge in [0.1, 0.15) is 0 Å². The van der Waals surface area contributed by atoms with Gasteiger partial charge in [-0.25, -0.2) is 0 Å². The molecule has 0 amide bonds. The minimum absolute atomic E-state index is 0.193. The molecule has 2 aliphatic rings. The predicted octanol–water partition coefficient (Wildman–Crippen LogP) is 1.01. The van der Waals surface area contributed by atoms with E-state index in [1.807, 2.05) is 0 Å². The van der Waals surface area contributed by atoms with Gasteiger partial charge in [-0.05, 0) is 39.7 Å². The lowest BCUT2D eigenvalue weighted by atomic mass is 9.97. The average Bonchev–Trinajstić information content (AvgIpc) is 2.46. The molecular weight excluding hydrogens is 178 g/mol. The van der Waals surface area contributed by atoms with Crippen molar-refractivity contribution in [2.75, 3.05) is 19.8 Å². The Hall–Kier alpha value is -0.120. The van der Waals surface area contributed by atoms with Gasteiger partial charge in [0.25, 0.3) is 0 Å². The molecule has 2 heterocycles. The van der Waals surface area contributed by atoms with Crippen LogP contribution in [0.1, 0.15) is 33.1 Å². The molecule has 2 fully saturated rings. The van der Waals surface area contributed by atoms with Crippen molar-refractivity contribution in [2.24, 2.45) is 0 Å². The number of hydrogen-bond donors (Lipinski definition) is 1. The van der Waals surface area contributed by atoms with E-state index in [1.165, 1.54) is 12.8 Å². The van der Waals surface area contributed by atoms with E-state index in [0.29, 0.717) is 13.2 Å². The van der Waals surface area contributed by atoms with Crippen LogP contribution in [-0.2, 0) is 4.74 Å². The van der Waals surface area contributed by atoms with Crippen LogP contribution < -0.4 is 0 Å². The van der Waals surface area contributed by atoms with Crippen molar-refractivity contribution < 1.29 is 9.84 Å². The first-order valence-electron chi connectivity index (χ1n) is 5.64. The number of nitrogens with zero attached hydrogens (tertiary/aromatic N) is 1. The zero-order valence-corrected chi connectivity index (χ0v) is 9.20. The highest BCUT2D eigenvalue weighted by Crippen LogP contribution is 2.32.